The highest BCUT2D eigenvalue weighted by atomic mass is 19.1. The first-order chi connectivity index (χ1) is 9.34. The summed E-state index contributed by atoms with van der Waals surface area (Å²) in [4.78, 5) is 11.1. The number of hydrogen-bond donors (Lipinski definition) is 1. The van der Waals surface area contributed by atoms with Gasteiger partial charge < -0.3 is 5.11 Å². The molecule has 5 nitrogen and oxygen atoms in total. The fraction of sp³-hybridized carbons (Fsp3) is 0.308. The van der Waals surface area contributed by atoms with Gasteiger partial charge in [-0.1, -0.05) is 25.1 Å². The van der Waals surface area contributed by atoms with Gasteiger partial charge in [-0.3, -0.25) is 0 Å². The van der Waals surface area contributed by atoms with Crippen LogP contribution in [0.1, 0.15) is 41.5 Å². The molecule has 2 aromatic rings. The number of carboxylic acids is 1. The highest BCUT2D eigenvalue weighted by molar-refractivity contribution is 5.86. The normalized spacial score (nSPS) is 11.1. The highest BCUT2D eigenvalue weighted by Crippen LogP contribution is 2.26. The maximum Gasteiger partial charge on any atom is 0.358 e. The molecule has 7 heteroatoms. The van der Waals surface area contributed by atoms with E-state index in [1.807, 2.05) is 0 Å². The molecule has 1 aromatic heterocycles. The quantitative estimate of drug-likeness (QED) is 0.939. The average molecular weight is 281 g/mol. The van der Waals surface area contributed by atoms with Crippen LogP contribution in [-0.4, -0.2) is 26.1 Å². The Balaban J connectivity index is 2.77. The number of halogens is 2. The van der Waals surface area contributed by atoms with E-state index in [1.54, 1.807) is 13.8 Å². The van der Waals surface area contributed by atoms with Gasteiger partial charge in [-0.25, -0.2) is 18.3 Å². The van der Waals surface area contributed by atoms with Crippen LogP contribution in [0.3, 0.4) is 0 Å². The van der Waals surface area contributed by atoms with Crippen LogP contribution in [0.4, 0.5) is 8.78 Å². The molecular formula is C13H13F2N3O2. The van der Waals surface area contributed by atoms with Crippen LogP contribution in [0.2, 0.25) is 0 Å². The molecule has 0 aliphatic heterocycles. The molecule has 0 amide bonds. The Morgan fingerprint density at radius 1 is 1.35 bits per heavy atom. The van der Waals surface area contributed by atoms with Crippen molar-refractivity contribution in [1.29, 1.82) is 0 Å². The lowest BCUT2D eigenvalue weighted by Gasteiger charge is -2.12. The first kappa shape index (κ1) is 14.1. The summed E-state index contributed by atoms with van der Waals surface area (Å²) >= 11 is 0. The maximum absolute atomic E-state index is 14.1. The molecule has 0 aliphatic rings. The lowest BCUT2D eigenvalue weighted by atomic mass is 10.1. The number of rotatable bonds is 3. The third-order valence-corrected chi connectivity index (χ3v) is 2.93. The van der Waals surface area contributed by atoms with Crippen molar-refractivity contribution in [3.05, 3.63) is 40.7 Å². The number of aromatic nitrogens is 3. The van der Waals surface area contributed by atoms with Gasteiger partial charge >= 0.3 is 5.97 Å². The Hall–Kier alpha value is -2.31. The van der Waals surface area contributed by atoms with E-state index in [0.717, 1.165) is 10.7 Å². The van der Waals surface area contributed by atoms with Crippen molar-refractivity contribution >= 4 is 5.97 Å². The van der Waals surface area contributed by atoms with Gasteiger partial charge in [0.25, 0.3) is 0 Å². The lowest BCUT2D eigenvalue weighted by molar-refractivity contribution is 0.0688. The molecule has 0 bridgehead atoms. The summed E-state index contributed by atoms with van der Waals surface area (Å²) in [6.45, 7) is 4.89. The first-order valence-corrected chi connectivity index (χ1v) is 5.98. The molecule has 1 N–H and O–H groups in total. The third kappa shape index (κ3) is 2.15. The standard InChI is InChI=1S/C13H13F2N3O2/c1-6(2)11-10(13(19)20)16-17-18(11)12-8(14)5-4-7(3)9(12)15/h4-6H,1-3H3,(H,19,20). The van der Waals surface area contributed by atoms with Crippen LogP contribution >= 0.6 is 0 Å². The summed E-state index contributed by atoms with van der Waals surface area (Å²) in [5, 5.41) is 16.2. The smallest absolute Gasteiger partial charge is 0.358 e. The average Bonchev–Trinajstić information content (AvgIpc) is 2.79. The van der Waals surface area contributed by atoms with Crippen LogP contribution < -0.4 is 0 Å². The van der Waals surface area contributed by atoms with E-state index < -0.39 is 23.3 Å². The van der Waals surface area contributed by atoms with Crippen molar-refractivity contribution in [1.82, 2.24) is 15.0 Å². The second kappa shape index (κ2) is 4.99. The fourth-order valence-electron chi connectivity index (χ4n) is 1.96. The number of aromatic carboxylic acids is 1. The second-order valence-electron chi connectivity index (χ2n) is 4.72. The van der Waals surface area contributed by atoms with E-state index in [2.05, 4.69) is 10.3 Å². The van der Waals surface area contributed by atoms with Crippen molar-refractivity contribution in [2.45, 2.75) is 26.7 Å². The first-order valence-electron chi connectivity index (χ1n) is 5.98. The molecule has 0 atom stereocenters. The number of nitrogens with zero attached hydrogens (tertiary/aromatic N) is 3. The summed E-state index contributed by atoms with van der Waals surface area (Å²) in [5.74, 6) is -3.20. The van der Waals surface area contributed by atoms with Gasteiger partial charge in [-0.05, 0) is 24.5 Å². The number of benzene rings is 1. The summed E-state index contributed by atoms with van der Waals surface area (Å²) in [6.07, 6.45) is 0. The molecular weight excluding hydrogens is 268 g/mol. The zero-order valence-corrected chi connectivity index (χ0v) is 11.2. The van der Waals surface area contributed by atoms with Crippen molar-refractivity contribution in [2.75, 3.05) is 0 Å². The minimum atomic E-state index is -1.28. The summed E-state index contributed by atoms with van der Waals surface area (Å²) in [5.41, 5.74) is -0.321. The monoisotopic (exact) mass is 281 g/mol. The van der Waals surface area contributed by atoms with Gasteiger partial charge in [-0.15, -0.1) is 5.10 Å². The molecule has 0 unspecified atom stereocenters. The van der Waals surface area contributed by atoms with E-state index >= 15 is 0 Å². The van der Waals surface area contributed by atoms with E-state index in [1.165, 1.54) is 13.0 Å². The lowest BCUT2D eigenvalue weighted by Crippen LogP contribution is -2.12. The molecule has 0 fully saturated rings. The Kier molecular flexibility index (Phi) is 3.52. The van der Waals surface area contributed by atoms with Gasteiger partial charge in [0, 0.05) is 0 Å². The third-order valence-electron chi connectivity index (χ3n) is 2.93. The predicted molar refractivity (Wildman–Crippen MR) is 67.1 cm³/mol. The minimum Gasteiger partial charge on any atom is -0.476 e. The van der Waals surface area contributed by atoms with Crippen molar-refractivity contribution in [3.63, 3.8) is 0 Å². The minimum absolute atomic E-state index is 0.154. The molecule has 1 heterocycles. The van der Waals surface area contributed by atoms with Crippen LogP contribution in [0.25, 0.3) is 5.69 Å². The van der Waals surface area contributed by atoms with E-state index in [-0.39, 0.29) is 22.9 Å². The number of carbonyl (C=O) groups is 1. The van der Waals surface area contributed by atoms with E-state index in [4.69, 9.17) is 5.11 Å². The van der Waals surface area contributed by atoms with E-state index in [0.29, 0.717) is 0 Å². The summed E-state index contributed by atoms with van der Waals surface area (Å²) in [7, 11) is 0. The zero-order valence-electron chi connectivity index (χ0n) is 11.2. The molecule has 0 spiro atoms. The van der Waals surface area contributed by atoms with Crippen LogP contribution in [0.15, 0.2) is 12.1 Å². The second-order valence-corrected chi connectivity index (χ2v) is 4.72. The number of aryl methyl sites for hydroxylation is 1. The zero-order chi connectivity index (χ0) is 15.0. The molecule has 0 saturated heterocycles. The largest absolute Gasteiger partial charge is 0.476 e. The van der Waals surface area contributed by atoms with Crippen LogP contribution in [-0.2, 0) is 0 Å². The maximum atomic E-state index is 14.1. The van der Waals surface area contributed by atoms with Crippen molar-refractivity contribution < 1.29 is 18.7 Å². The Morgan fingerprint density at radius 2 is 2.00 bits per heavy atom. The summed E-state index contributed by atoms with van der Waals surface area (Å²) in [6, 6.07) is 2.41. The molecule has 0 saturated carbocycles. The Bertz CT molecular complexity index is 680. The van der Waals surface area contributed by atoms with Crippen molar-refractivity contribution in [2.24, 2.45) is 0 Å². The topological polar surface area (TPSA) is 68.0 Å². The summed E-state index contributed by atoms with van der Waals surface area (Å²) < 4.78 is 28.9. The van der Waals surface area contributed by atoms with E-state index in [9.17, 15) is 13.6 Å². The molecule has 0 aliphatic carbocycles. The van der Waals surface area contributed by atoms with Crippen LogP contribution in [0.5, 0.6) is 0 Å². The van der Waals surface area contributed by atoms with Gasteiger partial charge in [0.2, 0.25) is 0 Å². The molecule has 2 rings (SSSR count). The fourth-order valence-corrected chi connectivity index (χ4v) is 1.96. The molecule has 1 aromatic carbocycles. The number of carboxylic acid groups (broad SMARTS) is 1. The van der Waals surface area contributed by atoms with Gasteiger partial charge in [0.15, 0.2) is 17.3 Å². The van der Waals surface area contributed by atoms with Crippen LogP contribution in [0, 0.1) is 18.6 Å². The molecule has 106 valence electrons. The Morgan fingerprint density at radius 3 is 2.55 bits per heavy atom. The van der Waals surface area contributed by atoms with Gasteiger partial charge in [-0.2, -0.15) is 0 Å². The van der Waals surface area contributed by atoms with Crippen molar-refractivity contribution in [3.8, 4) is 5.69 Å². The SMILES string of the molecule is Cc1ccc(F)c(-n2nnc(C(=O)O)c2C(C)C)c1F. The predicted octanol–water partition coefficient (Wildman–Crippen LogP) is 2.68. The number of hydrogen-bond acceptors (Lipinski definition) is 3. The van der Waals surface area contributed by atoms with Gasteiger partial charge in [0.1, 0.15) is 5.69 Å². The molecule has 0 radical (unpaired) electrons. The Labute approximate surface area is 113 Å². The van der Waals surface area contributed by atoms with Gasteiger partial charge in [0.05, 0.1) is 5.69 Å². The highest BCUT2D eigenvalue weighted by Gasteiger charge is 2.25. The molecule has 20 heavy (non-hydrogen) atoms.